The van der Waals surface area contributed by atoms with Gasteiger partial charge in [0.2, 0.25) is 6.79 Å². The molecule has 3 aromatic rings. The number of furan rings is 1. The highest BCUT2D eigenvalue weighted by atomic mass is 32.2. The van der Waals surface area contributed by atoms with Crippen LogP contribution in [0.1, 0.15) is 26.5 Å². The molecule has 138 valence electrons. The van der Waals surface area contributed by atoms with E-state index in [1.165, 1.54) is 0 Å². The number of hydrogen-bond donors (Lipinski definition) is 2. The van der Waals surface area contributed by atoms with Gasteiger partial charge in [0, 0.05) is 22.3 Å². The van der Waals surface area contributed by atoms with Crippen LogP contribution in [-0.4, -0.2) is 24.9 Å². The maximum absolute atomic E-state index is 12.6. The van der Waals surface area contributed by atoms with E-state index in [1.807, 2.05) is 24.5 Å². The van der Waals surface area contributed by atoms with Crippen molar-refractivity contribution in [1.82, 2.24) is 10.9 Å². The van der Waals surface area contributed by atoms with Crippen molar-refractivity contribution in [2.75, 3.05) is 13.0 Å². The van der Waals surface area contributed by atoms with Gasteiger partial charge in [0.05, 0.1) is 0 Å². The maximum atomic E-state index is 12.6. The van der Waals surface area contributed by atoms with E-state index in [9.17, 15) is 9.59 Å². The van der Waals surface area contributed by atoms with E-state index in [1.54, 1.807) is 36.0 Å². The maximum Gasteiger partial charge on any atom is 0.305 e. The minimum atomic E-state index is -0.510. The third-order valence-electron chi connectivity index (χ3n) is 4.12. The fourth-order valence-corrected chi connectivity index (χ4v) is 3.43. The largest absolute Gasteiger partial charge is 0.454 e. The molecule has 1 aromatic heterocycles. The minimum absolute atomic E-state index is 0.126. The van der Waals surface area contributed by atoms with Crippen molar-refractivity contribution in [2.45, 2.75) is 5.75 Å². The number of carbonyl (C=O) groups is 2. The molecule has 2 aromatic carbocycles. The zero-order chi connectivity index (χ0) is 18.8. The van der Waals surface area contributed by atoms with Crippen LogP contribution < -0.4 is 20.3 Å². The van der Waals surface area contributed by atoms with Crippen molar-refractivity contribution < 1.29 is 23.5 Å². The van der Waals surface area contributed by atoms with Crippen LogP contribution in [0.4, 0.5) is 0 Å². The van der Waals surface area contributed by atoms with E-state index in [2.05, 4.69) is 10.9 Å². The van der Waals surface area contributed by atoms with E-state index in [0.717, 1.165) is 10.9 Å². The number of para-hydroxylation sites is 1. The molecule has 0 saturated heterocycles. The molecule has 0 bridgehead atoms. The highest BCUT2D eigenvalue weighted by Gasteiger charge is 2.21. The first kappa shape index (κ1) is 17.3. The van der Waals surface area contributed by atoms with Gasteiger partial charge in [-0.3, -0.25) is 20.4 Å². The molecule has 8 heteroatoms. The second-order valence-corrected chi connectivity index (χ2v) is 6.68. The molecule has 0 atom stereocenters. The highest BCUT2D eigenvalue weighted by molar-refractivity contribution is 7.97. The highest BCUT2D eigenvalue weighted by Crippen LogP contribution is 2.32. The molecule has 0 unspecified atom stereocenters. The van der Waals surface area contributed by atoms with Crippen molar-refractivity contribution in [2.24, 2.45) is 0 Å². The van der Waals surface area contributed by atoms with Crippen molar-refractivity contribution in [3.8, 4) is 11.5 Å². The van der Waals surface area contributed by atoms with Crippen LogP contribution in [0.3, 0.4) is 0 Å². The molecule has 4 rings (SSSR count). The van der Waals surface area contributed by atoms with Gasteiger partial charge >= 0.3 is 5.91 Å². The summed E-state index contributed by atoms with van der Waals surface area (Å²) in [5, 5.41) is 0.888. The van der Waals surface area contributed by atoms with E-state index in [0.29, 0.717) is 28.4 Å². The molecule has 0 spiro atoms. The van der Waals surface area contributed by atoms with Gasteiger partial charge in [0.25, 0.3) is 5.91 Å². The van der Waals surface area contributed by atoms with Gasteiger partial charge in [-0.15, -0.1) is 0 Å². The number of hydrogen-bond acceptors (Lipinski definition) is 6. The molecule has 2 heterocycles. The predicted octanol–water partition coefficient (Wildman–Crippen LogP) is 3.10. The lowest BCUT2D eigenvalue weighted by Gasteiger charge is -2.07. The number of rotatable bonds is 4. The SMILES string of the molecule is CSCc1c(C(=O)NNC(=O)c2ccc3c(c2)OCO3)oc2ccccc12. The summed E-state index contributed by atoms with van der Waals surface area (Å²) in [5.41, 5.74) is 6.58. The van der Waals surface area contributed by atoms with Crippen molar-refractivity contribution in [3.05, 3.63) is 59.4 Å². The van der Waals surface area contributed by atoms with Crippen LogP contribution >= 0.6 is 11.8 Å². The average molecular weight is 384 g/mol. The third kappa shape index (κ3) is 3.31. The van der Waals surface area contributed by atoms with Gasteiger partial charge < -0.3 is 13.9 Å². The smallest absolute Gasteiger partial charge is 0.305 e. The number of ether oxygens (including phenoxy) is 2. The molecule has 0 radical (unpaired) electrons. The number of hydrazine groups is 1. The number of fused-ring (bicyclic) bond motifs is 2. The number of carbonyl (C=O) groups excluding carboxylic acids is 2. The van der Waals surface area contributed by atoms with Gasteiger partial charge in [-0.25, -0.2) is 0 Å². The molecule has 0 saturated carbocycles. The Balaban J connectivity index is 1.50. The molecule has 1 aliphatic heterocycles. The summed E-state index contributed by atoms with van der Waals surface area (Å²) in [6.07, 6.45) is 1.95. The Labute approximate surface area is 159 Å². The van der Waals surface area contributed by atoms with E-state index < -0.39 is 11.8 Å². The summed E-state index contributed by atoms with van der Waals surface area (Å²) in [4.78, 5) is 24.9. The molecule has 27 heavy (non-hydrogen) atoms. The van der Waals surface area contributed by atoms with Gasteiger partial charge in [-0.2, -0.15) is 11.8 Å². The fourth-order valence-electron chi connectivity index (χ4n) is 2.85. The molecular weight excluding hydrogens is 368 g/mol. The summed E-state index contributed by atoms with van der Waals surface area (Å²) in [5.74, 6) is 0.911. The van der Waals surface area contributed by atoms with E-state index in [4.69, 9.17) is 13.9 Å². The number of thioether (sulfide) groups is 1. The molecule has 1 aliphatic rings. The molecule has 2 amide bonds. The van der Waals surface area contributed by atoms with Crippen LogP contribution in [0.25, 0.3) is 11.0 Å². The standard InChI is InChI=1S/C19H16N2O5S/c1-27-9-13-12-4-2-3-5-14(12)26-17(13)19(23)21-20-18(22)11-6-7-15-16(8-11)25-10-24-15/h2-8H,9-10H2,1H3,(H,20,22)(H,21,23). The number of amides is 2. The zero-order valence-electron chi connectivity index (χ0n) is 14.4. The van der Waals surface area contributed by atoms with Crippen LogP contribution in [0.2, 0.25) is 0 Å². The van der Waals surface area contributed by atoms with Crippen molar-refractivity contribution in [3.63, 3.8) is 0 Å². The molecule has 0 fully saturated rings. The molecule has 7 nitrogen and oxygen atoms in total. The Bertz CT molecular complexity index is 1030. The average Bonchev–Trinajstić information content (AvgIpc) is 3.30. The molecule has 0 aliphatic carbocycles. The Hall–Kier alpha value is -3.13. The quantitative estimate of drug-likeness (QED) is 0.672. The number of nitrogens with one attached hydrogen (secondary N) is 2. The summed E-state index contributed by atoms with van der Waals surface area (Å²) >= 11 is 1.59. The van der Waals surface area contributed by atoms with Crippen molar-refractivity contribution in [1.29, 1.82) is 0 Å². The summed E-state index contributed by atoms with van der Waals surface area (Å²) in [6.45, 7) is 0.126. The Morgan fingerprint density at radius 2 is 1.81 bits per heavy atom. The minimum Gasteiger partial charge on any atom is -0.454 e. The number of benzene rings is 2. The van der Waals surface area contributed by atoms with E-state index in [-0.39, 0.29) is 12.6 Å². The lowest BCUT2D eigenvalue weighted by Crippen LogP contribution is -2.41. The van der Waals surface area contributed by atoms with Gasteiger partial charge in [0.1, 0.15) is 5.58 Å². The summed E-state index contributed by atoms with van der Waals surface area (Å²) in [6, 6.07) is 12.3. The van der Waals surface area contributed by atoms with Crippen LogP contribution in [0.5, 0.6) is 11.5 Å². The third-order valence-corrected chi connectivity index (χ3v) is 4.69. The second kappa shape index (κ2) is 7.24. The Kier molecular flexibility index (Phi) is 4.64. The lowest BCUT2D eigenvalue weighted by molar-refractivity contribution is 0.0831. The fraction of sp³-hybridized carbons (Fsp3) is 0.158. The van der Waals surface area contributed by atoms with Crippen LogP contribution in [0, 0.1) is 0 Å². The van der Waals surface area contributed by atoms with Gasteiger partial charge in [-0.05, 0) is 30.5 Å². The van der Waals surface area contributed by atoms with Crippen LogP contribution in [0.15, 0.2) is 46.9 Å². The molecule has 2 N–H and O–H groups in total. The van der Waals surface area contributed by atoms with Gasteiger partial charge in [-0.1, -0.05) is 18.2 Å². The lowest BCUT2D eigenvalue weighted by atomic mass is 10.1. The Morgan fingerprint density at radius 3 is 2.67 bits per heavy atom. The Morgan fingerprint density at radius 1 is 1.04 bits per heavy atom. The summed E-state index contributed by atoms with van der Waals surface area (Å²) in [7, 11) is 0. The van der Waals surface area contributed by atoms with Gasteiger partial charge in [0.15, 0.2) is 17.3 Å². The summed E-state index contributed by atoms with van der Waals surface area (Å²) < 4.78 is 16.2. The predicted molar refractivity (Wildman–Crippen MR) is 101 cm³/mol. The first-order valence-electron chi connectivity index (χ1n) is 8.17. The van der Waals surface area contributed by atoms with Crippen LogP contribution in [-0.2, 0) is 5.75 Å². The first-order chi connectivity index (χ1) is 13.2. The van der Waals surface area contributed by atoms with Crippen molar-refractivity contribution >= 4 is 34.5 Å². The monoisotopic (exact) mass is 384 g/mol. The zero-order valence-corrected chi connectivity index (χ0v) is 15.2. The first-order valence-corrected chi connectivity index (χ1v) is 9.56. The van der Waals surface area contributed by atoms with E-state index >= 15 is 0 Å². The second-order valence-electron chi connectivity index (χ2n) is 5.82. The topological polar surface area (TPSA) is 89.8 Å². The molecular formula is C19H16N2O5S. The normalized spacial score (nSPS) is 12.2.